The highest BCUT2D eigenvalue weighted by Crippen LogP contribution is 2.39. The first-order valence-electron chi connectivity index (χ1n) is 9.57. The standard InChI is InChI=1S/C23H22N2O4/c1-14-9-10-19-20(11-14)23(28)25(22(19)27)17-7-3-5-15(12-17)21(26)24-16-6-4-8-18(13-16)29-2/h3-9,12-13,19-20H,10-11H2,1-2H3,(H,24,26)/t19-,20-/m0/s1. The van der Waals surface area contributed by atoms with E-state index in [1.165, 1.54) is 4.90 Å². The summed E-state index contributed by atoms with van der Waals surface area (Å²) >= 11 is 0. The molecule has 1 N–H and O–H groups in total. The summed E-state index contributed by atoms with van der Waals surface area (Å²) in [7, 11) is 1.56. The van der Waals surface area contributed by atoms with Gasteiger partial charge in [0.1, 0.15) is 5.75 Å². The Hall–Kier alpha value is -3.41. The molecule has 3 amide bonds. The second-order valence-electron chi connectivity index (χ2n) is 7.45. The van der Waals surface area contributed by atoms with E-state index in [0.29, 0.717) is 35.5 Å². The molecule has 6 nitrogen and oxygen atoms in total. The van der Waals surface area contributed by atoms with Crippen LogP contribution >= 0.6 is 0 Å². The third-order valence-corrected chi connectivity index (χ3v) is 5.52. The van der Waals surface area contributed by atoms with Crippen molar-refractivity contribution in [1.29, 1.82) is 0 Å². The molecule has 148 valence electrons. The molecule has 2 aromatic rings. The van der Waals surface area contributed by atoms with Crippen LogP contribution in [0.25, 0.3) is 0 Å². The number of carbonyl (C=O) groups excluding carboxylic acids is 3. The van der Waals surface area contributed by atoms with Crippen LogP contribution in [-0.2, 0) is 9.59 Å². The zero-order valence-electron chi connectivity index (χ0n) is 16.3. The van der Waals surface area contributed by atoms with Gasteiger partial charge in [-0.15, -0.1) is 0 Å². The summed E-state index contributed by atoms with van der Waals surface area (Å²) < 4.78 is 5.17. The minimum atomic E-state index is -0.325. The molecule has 2 aliphatic rings. The molecule has 2 aromatic carbocycles. The van der Waals surface area contributed by atoms with Crippen molar-refractivity contribution in [2.75, 3.05) is 17.3 Å². The molecular weight excluding hydrogens is 368 g/mol. The fourth-order valence-electron chi connectivity index (χ4n) is 3.98. The quantitative estimate of drug-likeness (QED) is 0.637. The van der Waals surface area contributed by atoms with Crippen LogP contribution in [0.3, 0.4) is 0 Å². The highest BCUT2D eigenvalue weighted by Gasteiger charge is 2.48. The highest BCUT2D eigenvalue weighted by atomic mass is 16.5. The first-order valence-corrected chi connectivity index (χ1v) is 9.57. The summed E-state index contributed by atoms with van der Waals surface area (Å²) in [5, 5.41) is 2.81. The van der Waals surface area contributed by atoms with Crippen molar-refractivity contribution in [3.8, 4) is 5.75 Å². The average Bonchev–Trinajstić information content (AvgIpc) is 2.98. The number of carbonyl (C=O) groups is 3. The molecule has 0 aromatic heterocycles. The zero-order chi connectivity index (χ0) is 20.5. The Morgan fingerprint density at radius 1 is 1.07 bits per heavy atom. The van der Waals surface area contributed by atoms with E-state index in [4.69, 9.17) is 4.74 Å². The Labute approximate surface area is 169 Å². The van der Waals surface area contributed by atoms with Gasteiger partial charge in [0.25, 0.3) is 5.91 Å². The van der Waals surface area contributed by atoms with Crippen molar-refractivity contribution >= 4 is 29.1 Å². The monoisotopic (exact) mass is 390 g/mol. The largest absolute Gasteiger partial charge is 0.497 e. The second kappa shape index (κ2) is 7.54. The summed E-state index contributed by atoms with van der Waals surface area (Å²) in [5.41, 5.74) is 2.54. The molecule has 6 heteroatoms. The maximum Gasteiger partial charge on any atom is 0.255 e. The number of benzene rings is 2. The number of ether oxygens (including phenoxy) is 1. The van der Waals surface area contributed by atoms with Crippen LogP contribution in [0.2, 0.25) is 0 Å². The summed E-state index contributed by atoms with van der Waals surface area (Å²) in [6, 6.07) is 13.7. The molecule has 1 heterocycles. The molecule has 1 aliphatic carbocycles. The third-order valence-electron chi connectivity index (χ3n) is 5.52. The van der Waals surface area contributed by atoms with Gasteiger partial charge in [-0.1, -0.05) is 23.8 Å². The lowest BCUT2D eigenvalue weighted by Crippen LogP contribution is -2.31. The molecule has 0 saturated carbocycles. The van der Waals surface area contributed by atoms with Gasteiger partial charge in [0.2, 0.25) is 11.8 Å². The van der Waals surface area contributed by atoms with Gasteiger partial charge in [-0.05, 0) is 50.1 Å². The summed E-state index contributed by atoms with van der Waals surface area (Å²) in [6.45, 7) is 1.99. The molecule has 1 saturated heterocycles. The van der Waals surface area contributed by atoms with Crippen LogP contribution in [0.4, 0.5) is 11.4 Å². The maximum atomic E-state index is 12.9. The van der Waals surface area contributed by atoms with Crippen molar-refractivity contribution in [3.63, 3.8) is 0 Å². The van der Waals surface area contributed by atoms with Crippen molar-refractivity contribution in [2.24, 2.45) is 11.8 Å². The van der Waals surface area contributed by atoms with Crippen molar-refractivity contribution in [3.05, 3.63) is 65.7 Å². The van der Waals surface area contributed by atoms with Gasteiger partial charge in [-0.2, -0.15) is 0 Å². The van der Waals surface area contributed by atoms with Gasteiger partial charge in [-0.25, -0.2) is 0 Å². The lowest BCUT2D eigenvalue weighted by atomic mass is 9.82. The zero-order valence-corrected chi connectivity index (χ0v) is 16.3. The molecule has 0 radical (unpaired) electrons. The van der Waals surface area contributed by atoms with E-state index in [2.05, 4.69) is 5.32 Å². The fourth-order valence-corrected chi connectivity index (χ4v) is 3.98. The van der Waals surface area contributed by atoms with Crippen molar-refractivity contribution < 1.29 is 19.1 Å². The maximum absolute atomic E-state index is 12.9. The number of anilines is 2. The Bertz CT molecular complexity index is 1030. The van der Waals surface area contributed by atoms with Gasteiger partial charge >= 0.3 is 0 Å². The van der Waals surface area contributed by atoms with Crippen LogP contribution in [0, 0.1) is 11.8 Å². The fraction of sp³-hybridized carbons (Fsp3) is 0.261. The van der Waals surface area contributed by atoms with Crippen LogP contribution < -0.4 is 15.0 Å². The lowest BCUT2D eigenvalue weighted by molar-refractivity contribution is -0.122. The van der Waals surface area contributed by atoms with Crippen molar-refractivity contribution in [1.82, 2.24) is 0 Å². The van der Waals surface area contributed by atoms with E-state index in [1.807, 2.05) is 13.0 Å². The predicted octanol–water partition coefficient (Wildman–Crippen LogP) is 3.79. The summed E-state index contributed by atoms with van der Waals surface area (Å²) in [4.78, 5) is 39.7. The third kappa shape index (κ3) is 3.53. The number of rotatable bonds is 4. The van der Waals surface area contributed by atoms with E-state index < -0.39 is 0 Å². The number of allylic oxidation sites excluding steroid dienone is 2. The van der Waals surface area contributed by atoms with Crippen LogP contribution in [0.5, 0.6) is 5.75 Å². The van der Waals surface area contributed by atoms with E-state index in [0.717, 1.165) is 5.57 Å². The number of fused-ring (bicyclic) bond motifs is 1. The van der Waals surface area contributed by atoms with E-state index in [9.17, 15) is 14.4 Å². The van der Waals surface area contributed by atoms with Gasteiger partial charge in [0.15, 0.2) is 0 Å². The Morgan fingerprint density at radius 3 is 2.62 bits per heavy atom. The van der Waals surface area contributed by atoms with Gasteiger partial charge < -0.3 is 10.1 Å². The van der Waals surface area contributed by atoms with E-state index >= 15 is 0 Å². The lowest BCUT2D eigenvalue weighted by Gasteiger charge is -2.18. The first kappa shape index (κ1) is 18.9. The number of amides is 3. The van der Waals surface area contributed by atoms with Crippen LogP contribution in [-0.4, -0.2) is 24.8 Å². The minimum Gasteiger partial charge on any atom is -0.497 e. The second-order valence-corrected chi connectivity index (χ2v) is 7.45. The SMILES string of the molecule is COc1cccc(NC(=O)c2cccc(N3C(=O)[C@H]4CC=C(C)C[C@@H]4C3=O)c2)c1. The topological polar surface area (TPSA) is 75.7 Å². The molecule has 0 unspecified atom stereocenters. The van der Waals surface area contributed by atoms with Gasteiger partial charge in [0.05, 0.1) is 24.6 Å². The number of nitrogens with zero attached hydrogens (tertiary/aromatic N) is 1. The van der Waals surface area contributed by atoms with E-state index in [1.54, 1.807) is 55.6 Å². The number of hydrogen-bond donors (Lipinski definition) is 1. The molecular formula is C23H22N2O4. The average molecular weight is 390 g/mol. The molecule has 4 rings (SSSR count). The first-order chi connectivity index (χ1) is 14.0. The van der Waals surface area contributed by atoms with Gasteiger partial charge in [0, 0.05) is 17.3 Å². The Kier molecular flexibility index (Phi) is 4.92. The van der Waals surface area contributed by atoms with Crippen molar-refractivity contribution in [2.45, 2.75) is 19.8 Å². The molecule has 0 bridgehead atoms. The molecule has 29 heavy (non-hydrogen) atoms. The Morgan fingerprint density at radius 2 is 1.83 bits per heavy atom. The summed E-state index contributed by atoms with van der Waals surface area (Å²) in [6.07, 6.45) is 3.24. The summed E-state index contributed by atoms with van der Waals surface area (Å²) in [5.74, 6) is -0.667. The predicted molar refractivity (Wildman–Crippen MR) is 110 cm³/mol. The normalized spacial score (nSPS) is 20.9. The highest BCUT2D eigenvalue weighted by molar-refractivity contribution is 6.22. The van der Waals surface area contributed by atoms with Crippen LogP contribution in [0.15, 0.2) is 60.2 Å². The Balaban J connectivity index is 1.56. The minimum absolute atomic E-state index is 0.183. The molecule has 0 spiro atoms. The van der Waals surface area contributed by atoms with Crippen LogP contribution in [0.1, 0.15) is 30.1 Å². The number of methoxy groups -OCH3 is 1. The number of nitrogens with one attached hydrogen (secondary N) is 1. The molecule has 1 aliphatic heterocycles. The molecule has 2 atom stereocenters. The van der Waals surface area contributed by atoms with E-state index in [-0.39, 0.29) is 29.6 Å². The smallest absolute Gasteiger partial charge is 0.255 e. The molecule has 1 fully saturated rings. The number of hydrogen-bond acceptors (Lipinski definition) is 4. The van der Waals surface area contributed by atoms with Gasteiger partial charge in [-0.3, -0.25) is 19.3 Å². The number of imide groups is 1.